The first kappa shape index (κ1) is 30.3. The van der Waals surface area contributed by atoms with E-state index in [-0.39, 0.29) is 0 Å². The molecule has 0 bridgehead atoms. The van der Waals surface area contributed by atoms with Gasteiger partial charge in [0.05, 0.1) is 0 Å². The Labute approximate surface area is 160 Å². The molecule has 0 rings (SSSR count). The zero-order chi connectivity index (χ0) is 26.8. The molecule has 0 aliphatic rings. The quantitative estimate of drug-likeness (QED) is 0.314. The fourth-order valence-electron chi connectivity index (χ4n) is 1.59. The Kier molecular flexibility index (Phi) is 6.99. The fraction of sp³-hybridized carbons (Fsp3) is 0.909. The second kappa shape index (κ2) is 7.39. The molecular weight excluding hydrogens is 528 g/mol. The molecule has 0 saturated carbocycles. The molecule has 1 nitrogen and oxygen atoms in total. The molecule has 0 aliphatic carbocycles. The number of halogens is 20. The Bertz CT molecular complexity index is 704. The van der Waals surface area contributed by atoms with Crippen molar-refractivity contribution in [3.63, 3.8) is 0 Å². The van der Waals surface area contributed by atoms with Crippen molar-refractivity contribution >= 4 is 6.29 Å². The van der Waals surface area contributed by atoms with E-state index in [1.54, 1.807) is 0 Å². The van der Waals surface area contributed by atoms with Gasteiger partial charge in [0.25, 0.3) is 6.29 Å². The van der Waals surface area contributed by atoms with Crippen LogP contribution in [-0.4, -0.2) is 66.0 Å². The predicted molar refractivity (Wildman–Crippen MR) is 56.2 cm³/mol. The number of carbonyl (C=O) groups excluding carboxylic acids is 1. The number of hydrogen-bond acceptors (Lipinski definition) is 1. The van der Waals surface area contributed by atoms with Crippen LogP contribution in [0.1, 0.15) is 0 Å². The van der Waals surface area contributed by atoms with Crippen LogP contribution in [0.2, 0.25) is 0 Å². The van der Waals surface area contributed by atoms with Gasteiger partial charge in [-0.25, -0.2) is 8.78 Å². The van der Waals surface area contributed by atoms with Crippen LogP contribution in [0.3, 0.4) is 0 Å². The Morgan fingerprint density at radius 2 is 0.625 bits per heavy atom. The molecule has 0 fully saturated rings. The average molecular weight is 529 g/mol. The normalized spacial score (nSPS) is 16.5. The smallest absolute Gasteiger partial charge is 0.283 e. The first-order valence-electron chi connectivity index (χ1n) is 6.58. The van der Waals surface area contributed by atoms with Gasteiger partial charge in [0, 0.05) is 0 Å². The first-order valence-corrected chi connectivity index (χ1v) is 6.58. The topological polar surface area (TPSA) is 17.1 Å². The first-order chi connectivity index (χ1) is 13.5. The van der Waals surface area contributed by atoms with Crippen molar-refractivity contribution in [2.45, 2.75) is 59.7 Å². The molecule has 0 aromatic carbocycles. The molecule has 0 amide bonds. The van der Waals surface area contributed by atoms with E-state index < -0.39 is 66.0 Å². The van der Waals surface area contributed by atoms with Gasteiger partial charge in [0.1, 0.15) is 0 Å². The van der Waals surface area contributed by atoms with E-state index in [1.165, 1.54) is 0 Å². The minimum absolute atomic E-state index is 1.39. The fourth-order valence-corrected chi connectivity index (χ4v) is 1.59. The molecule has 0 heterocycles. The SMILES string of the molecule is O=[C]C(F)(F)C(F)(F)C(F)(F)C(F)(F)C(F)(F)C(F)(F)C(F)(F)C(F)(F)C(F)(F)C(F)F. The van der Waals surface area contributed by atoms with E-state index in [0.717, 1.165) is 0 Å². The summed E-state index contributed by atoms with van der Waals surface area (Å²) in [5, 5.41) is 0. The van der Waals surface area contributed by atoms with Gasteiger partial charge in [-0.1, -0.05) is 0 Å². The maximum absolute atomic E-state index is 13.2. The number of rotatable bonds is 10. The van der Waals surface area contributed by atoms with Gasteiger partial charge in [0.15, 0.2) is 0 Å². The minimum Gasteiger partial charge on any atom is -0.283 e. The molecule has 191 valence electrons. The van der Waals surface area contributed by atoms with Crippen LogP contribution in [0.15, 0.2) is 0 Å². The van der Waals surface area contributed by atoms with Gasteiger partial charge in [-0.3, -0.25) is 4.79 Å². The summed E-state index contributed by atoms with van der Waals surface area (Å²) in [5.74, 6) is -76.2. The highest BCUT2D eigenvalue weighted by Gasteiger charge is 2.96. The Hall–Kier alpha value is -1.73. The van der Waals surface area contributed by atoms with E-state index in [0.29, 0.717) is 0 Å². The van der Waals surface area contributed by atoms with Crippen LogP contribution in [0.25, 0.3) is 0 Å². The highest BCUT2D eigenvalue weighted by atomic mass is 19.4. The molecule has 1 radical (unpaired) electrons. The minimum atomic E-state index is -9.07. The predicted octanol–water partition coefficient (Wildman–Crippen LogP) is 6.08. The Morgan fingerprint density at radius 1 is 0.406 bits per heavy atom. The average Bonchev–Trinajstić information content (AvgIpc) is 2.59. The molecule has 0 aromatic heterocycles. The van der Waals surface area contributed by atoms with Crippen molar-refractivity contribution < 1.29 is 92.6 Å². The summed E-state index contributed by atoms with van der Waals surface area (Å²) < 4.78 is 256. The monoisotopic (exact) mass is 529 g/mol. The molecule has 0 spiro atoms. The summed E-state index contributed by atoms with van der Waals surface area (Å²) >= 11 is 0. The third kappa shape index (κ3) is 3.35. The number of alkyl halides is 20. The van der Waals surface area contributed by atoms with E-state index in [4.69, 9.17) is 0 Å². The Morgan fingerprint density at radius 3 is 0.844 bits per heavy atom. The van der Waals surface area contributed by atoms with Gasteiger partial charge < -0.3 is 0 Å². The number of hydrogen-bond donors (Lipinski definition) is 0. The summed E-state index contributed by atoms with van der Waals surface area (Å²) in [5.41, 5.74) is 0. The highest BCUT2D eigenvalue weighted by molar-refractivity contribution is 5.63. The van der Waals surface area contributed by atoms with Crippen molar-refractivity contribution in [3.05, 3.63) is 0 Å². The van der Waals surface area contributed by atoms with Crippen LogP contribution < -0.4 is 0 Å². The molecule has 0 unspecified atom stereocenters. The Balaban J connectivity index is 6.98. The van der Waals surface area contributed by atoms with Crippen molar-refractivity contribution in [2.75, 3.05) is 0 Å². The lowest BCUT2D eigenvalue weighted by Gasteiger charge is -2.43. The zero-order valence-corrected chi connectivity index (χ0v) is 13.5. The van der Waals surface area contributed by atoms with Crippen LogP contribution in [0.5, 0.6) is 0 Å². The van der Waals surface area contributed by atoms with E-state index in [1.807, 2.05) is 0 Å². The summed E-state index contributed by atoms with van der Waals surface area (Å²) in [4.78, 5) is 9.52. The van der Waals surface area contributed by atoms with Crippen LogP contribution in [0.4, 0.5) is 87.8 Å². The van der Waals surface area contributed by atoms with E-state index >= 15 is 0 Å². The van der Waals surface area contributed by atoms with Gasteiger partial charge in [-0.2, -0.15) is 79.0 Å². The second-order valence-electron chi connectivity index (χ2n) is 5.62. The third-order valence-electron chi connectivity index (χ3n) is 3.58. The second-order valence-corrected chi connectivity index (χ2v) is 5.62. The summed E-state index contributed by atoms with van der Waals surface area (Å²) in [6.07, 6.45) is -7.50. The summed E-state index contributed by atoms with van der Waals surface area (Å²) in [6.45, 7) is 0. The third-order valence-corrected chi connectivity index (χ3v) is 3.58. The summed E-state index contributed by atoms with van der Waals surface area (Å²) in [7, 11) is 0. The molecule has 0 atom stereocenters. The molecular formula is C11HF20O. The molecule has 0 saturated heterocycles. The lowest BCUT2D eigenvalue weighted by Crippen LogP contribution is -2.76. The van der Waals surface area contributed by atoms with Crippen molar-refractivity contribution in [3.8, 4) is 0 Å². The van der Waals surface area contributed by atoms with Gasteiger partial charge >= 0.3 is 59.7 Å². The lowest BCUT2D eigenvalue weighted by atomic mass is 9.86. The maximum atomic E-state index is 13.2. The van der Waals surface area contributed by atoms with Crippen LogP contribution in [-0.2, 0) is 4.79 Å². The van der Waals surface area contributed by atoms with Crippen LogP contribution in [0, 0.1) is 0 Å². The molecule has 0 aliphatic heterocycles. The van der Waals surface area contributed by atoms with Crippen molar-refractivity contribution in [2.24, 2.45) is 0 Å². The zero-order valence-electron chi connectivity index (χ0n) is 13.5. The van der Waals surface area contributed by atoms with Crippen molar-refractivity contribution in [1.82, 2.24) is 0 Å². The lowest BCUT2D eigenvalue weighted by molar-refractivity contribution is -0.462. The largest absolute Gasteiger partial charge is 0.386 e. The van der Waals surface area contributed by atoms with E-state index in [9.17, 15) is 92.6 Å². The van der Waals surface area contributed by atoms with Gasteiger partial charge in [0.2, 0.25) is 0 Å². The van der Waals surface area contributed by atoms with E-state index in [2.05, 4.69) is 0 Å². The molecule has 32 heavy (non-hydrogen) atoms. The van der Waals surface area contributed by atoms with Gasteiger partial charge in [-0.15, -0.1) is 0 Å². The highest BCUT2D eigenvalue weighted by Crippen LogP contribution is 2.65. The van der Waals surface area contributed by atoms with Crippen LogP contribution >= 0.6 is 0 Å². The maximum Gasteiger partial charge on any atom is 0.386 e. The summed E-state index contributed by atoms with van der Waals surface area (Å²) in [6, 6.07) is 0. The van der Waals surface area contributed by atoms with Gasteiger partial charge in [-0.05, 0) is 0 Å². The molecule has 0 N–H and O–H groups in total. The van der Waals surface area contributed by atoms with Crippen molar-refractivity contribution in [1.29, 1.82) is 0 Å². The molecule has 0 aromatic rings. The molecule has 21 heteroatoms. The standard InChI is InChI=1S/C11HF20O/c12-2(13)4(16,17)6(20,21)8(24,25)10(28,29)11(30,31)9(26,27)7(22,23)5(18,19)3(14,15)1-32/h2H.